The number of nitrogen functional groups attached to an aromatic ring is 1. The van der Waals surface area contributed by atoms with Crippen molar-refractivity contribution in [1.29, 1.82) is 0 Å². The molecule has 1 atom stereocenters. The molecule has 0 fully saturated rings. The lowest BCUT2D eigenvalue weighted by Gasteiger charge is -2.14. The summed E-state index contributed by atoms with van der Waals surface area (Å²) in [4.78, 5) is 12.1. The number of hydrogen-bond acceptors (Lipinski definition) is 2. The van der Waals surface area contributed by atoms with Gasteiger partial charge in [-0.1, -0.05) is 30.3 Å². The van der Waals surface area contributed by atoms with Crippen LogP contribution in [0.2, 0.25) is 0 Å². The number of hydrogen-bond donors (Lipinski definition) is 2. The Balaban J connectivity index is 1.97. The van der Waals surface area contributed by atoms with Crippen LogP contribution in [0.15, 0.2) is 42.6 Å². The first-order valence-electron chi connectivity index (χ1n) is 6.33. The molecule has 2 aromatic rings. The molecule has 0 aliphatic heterocycles. The van der Waals surface area contributed by atoms with Crippen molar-refractivity contribution in [2.75, 3.05) is 5.73 Å². The molecule has 0 saturated carbocycles. The van der Waals surface area contributed by atoms with Crippen LogP contribution in [0.4, 0.5) is 5.69 Å². The fourth-order valence-corrected chi connectivity index (χ4v) is 2.13. The van der Waals surface area contributed by atoms with Crippen LogP contribution in [0.1, 0.15) is 23.0 Å². The molecule has 2 rings (SSSR count). The van der Waals surface area contributed by atoms with Crippen molar-refractivity contribution >= 4 is 11.6 Å². The van der Waals surface area contributed by atoms with E-state index in [0.717, 1.165) is 6.42 Å². The third-order valence-corrected chi connectivity index (χ3v) is 3.02. The van der Waals surface area contributed by atoms with Gasteiger partial charge in [-0.2, -0.15) is 0 Å². The van der Waals surface area contributed by atoms with E-state index in [2.05, 4.69) is 17.4 Å². The Kier molecular flexibility index (Phi) is 3.90. The smallest absolute Gasteiger partial charge is 0.268 e. The van der Waals surface area contributed by atoms with Gasteiger partial charge in [0.15, 0.2) is 0 Å². The van der Waals surface area contributed by atoms with Crippen LogP contribution < -0.4 is 11.1 Å². The van der Waals surface area contributed by atoms with E-state index in [1.807, 2.05) is 32.2 Å². The normalized spacial score (nSPS) is 12.1. The average molecular weight is 257 g/mol. The Morgan fingerprint density at radius 2 is 2.05 bits per heavy atom. The average Bonchev–Trinajstić information content (AvgIpc) is 2.69. The zero-order chi connectivity index (χ0) is 13.8. The van der Waals surface area contributed by atoms with Crippen LogP contribution in [-0.2, 0) is 13.5 Å². The number of aromatic nitrogens is 1. The molecule has 4 heteroatoms. The minimum absolute atomic E-state index is 0.0750. The molecule has 1 amide bonds. The van der Waals surface area contributed by atoms with E-state index in [-0.39, 0.29) is 11.9 Å². The van der Waals surface area contributed by atoms with Gasteiger partial charge >= 0.3 is 0 Å². The number of benzene rings is 1. The highest BCUT2D eigenvalue weighted by Gasteiger charge is 2.13. The molecule has 1 heterocycles. The van der Waals surface area contributed by atoms with Crippen LogP contribution in [0.3, 0.4) is 0 Å². The van der Waals surface area contributed by atoms with Crippen molar-refractivity contribution in [2.24, 2.45) is 7.05 Å². The lowest BCUT2D eigenvalue weighted by Crippen LogP contribution is -2.35. The molecule has 0 saturated heterocycles. The van der Waals surface area contributed by atoms with Crippen LogP contribution in [0.25, 0.3) is 0 Å². The van der Waals surface area contributed by atoms with E-state index in [9.17, 15) is 4.79 Å². The van der Waals surface area contributed by atoms with Crippen LogP contribution >= 0.6 is 0 Å². The summed E-state index contributed by atoms with van der Waals surface area (Å²) in [5.41, 5.74) is 8.06. The predicted octanol–water partition coefficient (Wildman–Crippen LogP) is 1.97. The van der Waals surface area contributed by atoms with Crippen LogP contribution in [-0.4, -0.2) is 16.5 Å². The number of anilines is 1. The maximum atomic E-state index is 12.1. The second-order valence-electron chi connectivity index (χ2n) is 4.83. The molecule has 4 nitrogen and oxygen atoms in total. The number of carbonyl (C=O) groups is 1. The first kappa shape index (κ1) is 13.2. The Labute approximate surface area is 113 Å². The van der Waals surface area contributed by atoms with Gasteiger partial charge < -0.3 is 15.6 Å². The summed E-state index contributed by atoms with van der Waals surface area (Å²) < 4.78 is 1.74. The molecule has 0 spiro atoms. The monoisotopic (exact) mass is 257 g/mol. The molecule has 1 aromatic heterocycles. The molecule has 0 bridgehead atoms. The quantitative estimate of drug-likeness (QED) is 0.879. The van der Waals surface area contributed by atoms with E-state index in [0.29, 0.717) is 11.4 Å². The van der Waals surface area contributed by atoms with Gasteiger partial charge in [-0.15, -0.1) is 0 Å². The zero-order valence-corrected chi connectivity index (χ0v) is 11.3. The predicted molar refractivity (Wildman–Crippen MR) is 76.9 cm³/mol. The number of nitrogens with one attached hydrogen (secondary N) is 1. The summed E-state index contributed by atoms with van der Waals surface area (Å²) in [6.07, 6.45) is 2.54. The number of carbonyl (C=O) groups excluding carboxylic acids is 1. The van der Waals surface area contributed by atoms with Crippen LogP contribution in [0, 0.1) is 0 Å². The molecule has 100 valence electrons. The number of rotatable bonds is 4. The van der Waals surface area contributed by atoms with E-state index in [1.54, 1.807) is 16.8 Å². The maximum Gasteiger partial charge on any atom is 0.268 e. The van der Waals surface area contributed by atoms with Gasteiger partial charge in [-0.05, 0) is 25.0 Å². The molecule has 1 aromatic carbocycles. The summed E-state index contributed by atoms with van der Waals surface area (Å²) in [5, 5.41) is 2.98. The second kappa shape index (κ2) is 5.61. The number of aryl methyl sites for hydroxylation is 1. The Morgan fingerprint density at radius 3 is 2.63 bits per heavy atom. The summed E-state index contributed by atoms with van der Waals surface area (Å²) in [5.74, 6) is -0.0948. The summed E-state index contributed by atoms with van der Waals surface area (Å²) in [6, 6.07) is 11.9. The van der Waals surface area contributed by atoms with E-state index in [1.165, 1.54) is 5.56 Å². The third kappa shape index (κ3) is 3.37. The van der Waals surface area contributed by atoms with Crippen molar-refractivity contribution in [3.63, 3.8) is 0 Å². The standard InChI is InChI=1S/C15H19N3O/c1-11(8-12-6-4-3-5-7-12)17-15(19)14-9-13(16)10-18(14)2/h3-7,9-11H,8,16H2,1-2H3,(H,17,19). The molecular weight excluding hydrogens is 238 g/mol. The largest absolute Gasteiger partial charge is 0.397 e. The van der Waals surface area contributed by atoms with Gasteiger partial charge in [0.2, 0.25) is 0 Å². The van der Waals surface area contributed by atoms with Gasteiger partial charge in [0.1, 0.15) is 5.69 Å². The van der Waals surface area contributed by atoms with Gasteiger partial charge in [-0.25, -0.2) is 0 Å². The van der Waals surface area contributed by atoms with Gasteiger partial charge in [0.25, 0.3) is 5.91 Å². The molecule has 19 heavy (non-hydrogen) atoms. The van der Waals surface area contributed by atoms with Gasteiger partial charge in [0, 0.05) is 19.3 Å². The van der Waals surface area contributed by atoms with E-state index in [4.69, 9.17) is 5.73 Å². The van der Waals surface area contributed by atoms with Crippen molar-refractivity contribution in [3.05, 3.63) is 53.9 Å². The Hall–Kier alpha value is -2.23. The summed E-state index contributed by atoms with van der Waals surface area (Å²) in [7, 11) is 1.81. The fraction of sp³-hybridized carbons (Fsp3) is 0.267. The van der Waals surface area contributed by atoms with Crippen molar-refractivity contribution in [1.82, 2.24) is 9.88 Å². The van der Waals surface area contributed by atoms with Gasteiger partial charge in [0.05, 0.1) is 5.69 Å². The maximum absolute atomic E-state index is 12.1. The Bertz CT molecular complexity index is 560. The summed E-state index contributed by atoms with van der Waals surface area (Å²) in [6.45, 7) is 2.00. The highest BCUT2D eigenvalue weighted by Crippen LogP contribution is 2.09. The number of nitrogens with two attached hydrogens (primary N) is 1. The third-order valence-electron chi connectivity index (χ3n) is 3.02. The van der Waals surface area contributed by atoms with Crippen molar-refractivity contribution in [3.8, 4) is 0 Å². The lowest BCUT2D eigenvalue weighted by atomic mass is 10.1. The molecule has 0 aliphatic rings. The molecule has 0 radical (unpaired) electrons. The summed E-state index contributed by atoms with van der Waals surface area (Å²) >= 11 is 0. The molecule has 0 aliphatic carbocycles. The minimum Gasteiger partial charge on any atom is -0.397 e. The van der Waals surface area contributed by atoms with E-state index < -0.39 is 0 Å². The molecular formula is C15H19N3O. The lowest BCUT2D eigenvalue weighted by molar-refractivity contribution is 0.0932. The Morgan fingerprint density at radius 1 is 1.37 bits per heavy atom. The first-order valence-corrected chi connectivity index (χ1v) is 6.33. The van der Waals surface area contributed by atoms with Crippen molar-refractivity contribution < 1.29 is 4.79 Å². The first-order chi connectivity index (χ1) is 9.06. The fourth-order valence-electron chi connectivity index (χ4n) is 2.13. The highest BCUT2D eigenvalue weighted by atomic mass is 16.2. The molecule has 3 N–H and O–H groups in total. The molecule has 1 unspecified atom stereocenters. The topological polar surface area (TPSA) is 60.1 Å². The van der Waals surface area contributed by atoms with Gasteiger partial charge in [-0.3, -0.25) is 4.79 Å². The highest BCUT2D eigenvalue weighted by molar-refractivity contribution is 5.93. The number of amides is 1. The zero-order valence-electron chi connectivity index (χ0n) is 11.3. The van der Waals surface area contributed by atoms with E-state index >= 15 is 0 Å². The van der Waals surface area contributed by atoms with Crippen molar-refractivity contribution in [2.45, 2.75) is 19.4 Å². The SMILES string of the molecule is CC(Cc1ccccc1)NC(=O)c1cc(N)cn1C. The second-order valence-corrected chi connectivity index (χ2v) is 4.83. The van der Waals surface area contributed by atoms with Crippen LogP contribution in [0.5, 0.6) is 0 Å². The number of nitrogens with zero attached hydrogens (tertiary/aromatic N) is 1. The minimum atomic E-state index is -0.0948.